The molecule has 0 spiro atoms. The Labute approximate surface area is 99.1 Å². The van der Waals surface area contributed by atoms with Crippen molar-refractivity contribution in [2.45, 2.75) is 0 Å². The van der Waals surface area contributed by atoms with Crippen LogP contribution in [-0.2, 0) is 14.6 Å². The van der Waals surface area contributed by atoms with Crippen molar-refractivity contribution in [3.63, 3.8) is 0 Å². The maximum absolute atomic E-state index is 12.6. The number of carbonyl (C=O) groups excluding carboxylic acids is 1. The van der Waals surface area contributed by atoms with E-state index in [0.29, 0.717) is 5.69 Å². The zero-order chi connectivity index (χ0) is 12.9. The van der Waals surface area contributed by atoms with Gasteiger partial charge in [0.2, 0.25) is 5.91 Å². The van der Waals surface area contributed by atoms with Gasteiger partial charge in [-0.2, -0.15) is 0 Å². The van der Waals surface area contributed by atoms with Crippen LogP contribution in [0.1, 0.15) is 0 Å². The molecule has 1 amide bonds. The number of hydrogen-bond acceptors (Lipinski definition) is 3. The van der Waals surface area contributed by atoms with Crippen molar-refractivity contribution in [1.82, 2.24) is 0 Å². The average Bonchev–Trinajstić information content (AvgIpc) is 2.20. The van der Waals surface area contributed by atoms with E-state index in [1.165, 1.54) is 30.3 Å². The van der Waals surface area contributed by atoms with Gasteiger partial charge >= 0.3 is 0 Å². The summed E-state index contributed by atoms with van der Waals surface area (Å²) in [5.74, 6) is -1.94. The van der Waals surface area contributed by atoms with Gasteiger partial charge in [0.1, 0.15) is 11.6 Å². The van der Waals surface area contributed by atoms with E-state index in [-0.39, 0.29) is 5.75 Å². The molecule has 1 rings (SSSR count). The van der Waals surface area contributed by atoms with E-state index in [4.69, 9.17) is 0 Å². The normalized spacial score (nSPS) is 10.9. The molecule has 0 unspecified atom stereocenters. The minimum atomic E-state index is -3.46. The Morgan fingerprint density at radius 1 is 1.35 bits per heavy atom. The van der Waals surface area contributed by atoms with Crippen molar-refractivity contribution in [3.8, 4) is 0 Å². The van der Waals surface area contributed by atoms with Gasteiger partial charge in [-0.3, -0.25) is 4.79 Å². The topological polar surface area (TPSA) is 63.2 Å². The lowest BCUT2D eigenvalue weighted by Crippen LogP contribution is -2.24. The first-order valence-electron chi connectivity index (χ1n) is 4.80. The van der Waals surface area contributed by atoms with Crippen LogP contribution in [0.4, 0.5) is 10.1 Å². The van der Waals surface area contributed by atoms with Gasteiger partial charge in [0.25, 0.3) is 0 Å². The summed E-state index contributed by atoms with van der Waals surface area (Å²) in [6.45, 7) is 3.29. The second-order valence-corrected chi connectivity index (χ2v) is 5.51. The van der Waals surface area contributed by atoms with Crippen LogP contribution < -0.4 is 5.32 Å². The maximum atomic E-state index is 12.6. The first kappa shape index (κ1) is 13.4. The smallest absolute Gasteiger partial charge is 0.239 e. The molecule has 0 heterocycles. The fourth-order valence-electron chi connectivity index (χ4n) is 1.17. The van der Waals surface area contributed by atoms with Crippen LogP contribution >= 0.6 is 0 Å². The summed E-state index contributed by atoms with van der Waals surface area (Å²) in [6, 6.07) is 5.06. The summed E-state index contributed by atoms with van der Waals surface area (Å²) in [5, 5.41) is 2.36. The van der Waals surface area contributed by atoms with E-state index in [9.17, 15) is 17.6 Å². The third kappa shape index (κ3) is 4.78. The molecule has 0 aromatic heterocycles. The van der Waals surface area contributed by atoms with Gasteiger partial charge in [-0.05, 0) is 24.3 Å². The highest BCUT2D eigenvalue weighted by Gasteiger charge is 2.14. The molecule has 0 aliphatic heterocycles. The lowest BCUT2D eigenvalue weighted by Gasteiger charge is -2.04. The molecule has 0 aliphatic rings. The summed E-state index contributed by atoms with van der Waals surface area (Å²) in [7, 11) is -3.46. The molecule has 0 radical (unpaired) electrons. The Bertz CT molecular complexity index is 508. The Morgan fingerprint density at radius 3 is 2.47 bits per heavy atom. The van der Waals surface area contributed by atoms with Crippen LogP contribution in [0.3, 0.4) is 0 Å². The molecule has 4 nitrogen and oxygen atoms in total. The third-order valence-electron chi connectivity index (χ3n) is 1.85. The number of benzene rings is 1. The van der Waals surface area contributed by atoms with E-state index in [0.717, 1.165) is 0 Å². The monoisotopic (exact) mass is 257 g/mol. The fourth-order valence-corrected chi connectivity index (χ4v) is 2.12. The molecular formula is C11H12FNO3S. The first-order valence-corrected chi connectivity index (χ1v) is 6.62. The minimum Gasteiger partial charge on any atom is -0.325 e. The number of halogens is 1. The van der Waals surface area contributed by atoms with Crippen LogP contribution in [-0.4, -0.2) is 25.8 Å². The predicted octanol–water partition coefficient (Wildman–Crippen LogP) is 1.36. The molecule has 6 heteroatoms. The number of anilines is 1. The summed E-state index contributed by atoms with van der Waals surface area (Å²) in [5.41, 5.74) is 0.352. The van der Waals surface area contributed by atoms with Gasteiger partial charge in [-0.25, -0.2) is 12.8 Å². The maximum Gasteiger partial charge on any atom is 0.239 e. The van der Waals surface area contributed by atoms with E-state index in [1.54, 1.807) is 0 Å². The van der Waals surface area contributed by atoms with Gasteiger partial charge in [0.15, 0.2) is 9.84 Å². The number of carbonyl (C=O) groups is 1. The van der Waals surface area contributed by atoms with Gasteiger partial charge in [-0.1, -0.05) is 6.08 Å². The van der Waals surface area contributed by atoms with Crippen LogP contribution in [0.5, 0.6) is 0 Å². The second kappa shape index (κ2) is 5.58. The van der Waals surface area contributed by atoms with Crippen molar-refractivity contribution < 1.29 is 17.6 Å². The Hall–Kier alpha value is -1.69. The van der Waals surface area contributed by atoms with Crippen molar-refractivity contribution in [3.05, 3.63) is 42.7 Å². The third-order valence-corrected chi connectivity index (χ3v) is 3.30. The molecular weight excluding hydrogens is 245 g/mol. The van der Waals surface area contributed by atoms with Crippen LogP contribution in [0, 0.1) is 5.82 Å². The molecule has 1 N–H and O–H groups in total. The van der Waals surface area contributed by atoms with Crippen LogP contribution in [0.2, 0.25) is 0 Å². The van der Waals surface area contributed by atoms with E-state index in [2.05, 4.69) is 11.9 Å². The van der Waals surface area contributed by atoms with Gasteiger partial charge in [-0.15, -0.1) is 6.58 Å². The van der Waals surface area contributed by atoms with Crippen molar-refractivity contribution in [2.75, 3.05) is 16.8 Å². The first-order chi connectivity index (χ1) is 7.93. The van der Waals surface area contributed by atoms with Crippen molar-refractivity contribution >= 4 is 21.4 Å². The summed E-state index contributed by atoms with van der Waals surface area (Å²) >= 11 is 0. The average molecular weight is 257 g/mol. The molecule has 0 saturated carbocycles. The highest BCUT2D eigenvalue weighted by atomic mass is 32.2. The van der Waals surface area contributed by atoms with E-state index >= 15 is 0 Å². The largest absolute Gasteiger partial charge is 0.325 e. The van der Waals surface area contributed by atoms with Crippen molar-refractivity contribution in [1.29, 1.82) is 0 Å². The molecule has 0 bridgehead atoms. The predicted molar refractivity (Wildman–Crippen MR) is 63.9 cm³/mol. The standard InChI is InChI=1S/C11H12FNO3S/c1-2-7-17(15,16)8-11(14)13-10-5-3-9(12)4-6-10/h2-6H,1,7-8H2,(H,13,14). The molecule has 1 aromatic carbocycles. The quantitative estimate of drug-likeness (QED) is 0.810. The van der Waals surface area contributed by atoms with E-state index in [1.807, 2.05) is 0 Å². The Kier molecular flexibility index (Phi) is 4.39. The van der Waals surface area contributed by atoms with Gasteiger partial charge < -0.3 is 5.32 Å². The fraction of sp³-hybridized carbons (Fsp3) is 0.182. The number of rotatable bonds is 5. The minimum absolute atomic E-state index is 0.246. The van der Waals surface area contributed by atoms with Gasteiger partial charge in [0, 0.05) is 5.69 Å². The summed E-state index contributed by atoms with van der Waals surface area (Å²) < 4.78 is 35.2. The molecule has 0 saturated heterocycles. The lowest BCUT2D eigenvalue weighted by molar-refractivity contribution is -0.113. The molecule has 0 atom stereocenters. The molecule has 0 aliphatic carbocycles. The zero-order valence-electron chi connectivity index (χ0n) is 9.02. The van der Waals surface area contributed by atoms with Crippen LogP contribution in [0.15, 0.2) is 36.9 Å². The molecule has 92 valence electrons. The molecule has 0 fully saturated rings. The number of nitrogens with one attached hydrogen (secondary N) is 1. The van der Waals surface area contributed by atoms with Crippen molar-refractivity contribution in [2.24, 2.45) is 0 Å². The highest BCUT2D eigenvalue weighted by Crippen LogP contribution is 2.08. The SMILES string of the molecule is C=CCS(=O)(=O)CC(=O)Nc1ccc(F)cc1. The summed E-state index contributed by atoms with van der Waals surface area (Å²) in [4.78, 5) is 11.4. The zero-order valence-corrected chi connectivity index (χ0v) is 9.84. The van der Waals surface area contributed by atoms with Crippen LogP contribution in [0.25, 0.3) is 0 Å². The molecule has 17 heavy (non-hydrogen) atoms. The van der Waals surface area contributed by atoms with E-state index < -0.39 is 27.3 Å². The molecule has 1 aromatic rings. The Morgan fingerprint density at radius 2 is 1.94 bits per heavy atom. The lowest BCUT2D eigenvalue weighted by atomic mass is 10.3. The summed E-state index contributed by atoms with van der Waals surface area (Å²) in [6.07, 6.45) is 1.22. The Balaban J connectivity index is 2.61. The number of hydrogen-bond donors (Lipinski definition) is 1. The second-order valence-electron chi connectivity index (χ2n) is 3.40. The number of sulfone groups is 1. The highest BCUT2D eigenvalue weighted by molar-refractivity contribution is 7.92. The van der Waals surface area contributed by atoms with Gasteiger partial charge in [0.05, 0.1) is 5.75 Å². The number of amides is 1.